The highest BCUT2D eigenvalue weighted by atomic mass is 16.2. The van der Waals surface area contributed by atoms with Crippen molar-refractivity contribution in [1.82, 2.24) is 9.88 Å². The highest BCUT2D eigenvalue weighted by Gasteiger charge is 2.20. The first-order valence-corrected chi connectivity index (χ1v) is 7.93. The van der Waals surface area contributed by atoms with Crippen LogP contribution in [0.4, 0.5) is 17.1 Å². The second kappa shape index (κ2) is 6.69. The molecule has 1 aromatic heterocycles. The number of pyridine rings is 1. The molecule has 0 bridgehead atoms. The molecule has 1 aromatic carbocycles. The van der Waals surface area contributed by atoms with Crippen LogP contribution in [0.3, 0.4) is 0 Å². The maximum atomic E-state index is 12.4. The lowest BCUT2D eigenvalue weighted by molar-refractivity contribution is 0.0787. The second-order valence-corrected chi connectivity index (χ2v) is 6.00. The van der Waals surface area contributed by atoms with Gasteiger partial charge in [0.2, 0.25) is 0 Å². The van der Waals surface area contributed by atoms with E-state index < -0.39 is 0 Å². The van der Waals surface area contributed by atoms with Crippen LogP contribution in [0.5, 0.6) is 0 Å². The average Bonchev–Trinajstić information content (AvgIpc) is 3.09. The minimum Gasteiger partial charge on any atom is -0.378 e. The monoisotopic (exact) mass is 310 g/mol. The molecule has 2 aromatic rings. The Balaban J connectivity index is 1.73. The van der Waals surface area contributed by atoms with E-state index in [9.17, 15) is 4.79 Å². The Morgan fingerprint density at radius 2 is 1.78 bits per heavy atom. The molecule has 0 unspecified atom stereocenters. The number of hydrogen-bond acceptors (Lipinski definition) is 4. The van der Waals surface area contributed by atoms with Crippen molar-refractivity contribution in [3.05, 3.63) is 48.3 Å². The Morgan fingerprint density at radius 3 is 2.43 bits per heavy atom. The number of hydrogen-bond donors (Lipinski definition) is 1. The lowest BCUT2D eigenvalue weighted by atomic mass is 10.2. The highest BCUT2D eigenvalue weighted by Crippen LogP contribution is 2.21. The van der Waals surface area contributed by atoms with E-state index in [0.717, 1.165) is 43.0 Å². The summed E-state index contributed by atoms with van der Waals surface area (Å²) < 4.78 is 0. The third kappa shape index (κ3) is 3.62. The van der Waals surface area contributed by atoms with Crippen LogP contribution in [0, 0.1) is 0 Å². The van der Waals surface area contributed by atoms with Crippen LogP contribution in [0.25, 0.3) is 0 Å². The fourth-order valence-corrected chi connectivity index (χ4v) is 2.72. The molecule has 0 atom stereocenters. The van der Waals surface area contributed by atoms with Crippen LogP contribution in [0.1, 0.15) is 23.3 Å². The molecule has 1 amide bonds. The van der Waals surface area contributed by atoms with Gasteiger partial charge in [-0.05, 0) is 49.2 Å². The van der Waals surface area contributed by atoms with Crippen molar-refractivity contribution in [3.8, 4) is 0 Å². The van der Waals surface area contributed by atoms with E-state index in [2.05, 4.69) is 27.3 Å². The van der Waals surface area contributed by atoms with E-state index in [4.69, 9.17) is 0 Å². The van der Waals surface area contributed by atoms with Crippen LogP contribution in [0.2, 0.25) is 0 Å². The van der Waals surface area contributed by atoms with Gasteiger partial charge in [0.05, 0.1) is 0 Å². The minimum absolute atomic E-state index is 0.0223. The summed E-state index contributed by atoms with van der Waals surface area (Å²) in [5, 5.41) is 3.33. The molecule has 0 spiro atoms. The summed E-state index contributed by atoms with van der Waals surface area (Å²) >= 11 is 0. The lowest BCUT2D eigenvalue weighted by Gasteiger charge is -2.16. The third-order valence-electron chi connectivity index (χ3n) is 4.04. The van der Waals surface area contributed by atoms with Gasteiger partial charge in [-0.15, -0.1) is 0 Å². The number of anilines is 3. The van der Waals surface area contributed by atoms with E-state index in [1.54, 1.807) is 6.20 Å². The number of rotatable bonds is 4. The summed E-state index contributed by atoms with van der Waals surface area (Å²) in [6, 6.07) is 11.9. The maximum absolute atomic E-state index is 12.4. The molecule has 5 heteroatoms. The molecule has 1 N–H and O–H groups in total. The van der Waals surface area contributed by atoms with Gasteiger partial charge in [0.1, 0.15) is 5.69 Å². The van der Waals surface area contributed by atoms with Gasteiger partial charge in [-0.2, -0.15) is 0 Å². The number of carbonyl (C=O) groups is 1. The Kier molecular flexibility index (Phi) is 4.46. The largest absolute Gasteiger partial charge is 0.378 e. The smallest absolute Gasteiger partial charge is 0.272 e. The number of likely N-dealkylation sites (tertiary alicyclic amines) is 1. The molecule has 1 aliphatic heterocycles. The Morgan fingerprint density at radius 1 is 1.09 bits per heavy atom. The van der Waals surface area contributed by atoms with Gasteiger partial charge >= 0.3 is 0 Å². The first-order chi connectivity index (χ1) is 11.1. The number of nitrogens with zero attached hydrogens (tertiary/aromatic N) is 3. The molecule has 1 saturated heterocycles. The maximum Gasteiger partial charge on any atom is 0.272 e. The van der Waals surface area contributed by atoms with Crippen LogP contribution in [-0.2, 0) is 0 Å². The average molecular weight is 310 g/mol. The van der Waals surface area contributed by atoms with E-state index >= 15 is 0 Å². The standard InChI is InChI=1S/C18H22N4O/c1-21(2)16-7-5-14(6-8-16)20-15-9-10-19-17(13-15)18(23)22-11-3-4-12-22/h5-10,13H,3-4,11-12H2,1-2H3,(H,19,20). The Labute approximate surface area is 136 Å². The number of nitrogens with one attached hydrogen (secondary N) is 1. The Hall–Kier alpha value is -2.56. The third-order valence-corrected chi connectivity index (χ3v) is 4.04. The molecule has 2 heterocycles. The van der Waals surface area contributed by atoms with E-state index in [-0.39, 0.29) is 5.91 Å². The summed E-state index contributed by atoms with van der Waals surface area (Å²) in [5.41, 5.74) is 3.51. The molecule has 0 aliphatic carbocycles. The van der Waals surface area contributed by atoms with Gasteiger partial charge in [-0.25, -0.2) is 0 Å². The quantitative estimate of drug-likeness (QED) is 0.942. The fraction of sp³-hybridized carbons (Fsp3) is 0.333. The number of benzene rings is 1. The molecular formula is C18H22N4O. The fourth-order valence-electron chi connectivity index (χ4n) is 2.72. The molecule has 120 valence electrons. The number of carbonyl (C=O) groups excluding carboxylic acids is 1. The first kappa shape index (κ1) is 15.3. The van der Waals surface area contributed by atoms with Crippen LogP contribution < -0.4 is 10.2 Å². The van der Waals surface area contributed by atoms with Crippen molar-refractivity contribution < 1.29 is 4.79 Å². The second-order valence-electron chi connectivity index (χ2n) is 6.00. The van der Waals surface area contributed by atoms with E-state index in [0.29, 0.717) is 5.69 Å². The Bertz CT molecular complexity index is 676. The predicted molar refractivity (Wildman–Crippen MR) is 93.4 cm³/mol. The van der Waals surface area contributed by atoms with Crippen LogP contribution >= 0.6 is 0 Å². The zero-order valence-corrected chi connectivity index (χ0v) is 13.6. The molecule has 1 fully saturated rings. The summed E-state index contributed by atoms with van der Waals surface area (Å²) in [6.45, 7) is 1.67. The molecule has 0 radical (unpaired) electrons. The summed E-state index contributed by atoms with van der Waals surface area (Å²) in [6.07, 6.45) is 3.85. The first-order valence-electron chi connectivity index (χ1n) is 7.93. The van der Waals surface area contributed by atoms with Gasteiger partial charge in [-0.3, -0.25) is 9.78 Å². The summed E-state index contributed by atoms with van der Waals surface area (Å²) in [7, 11) is 4.03. The van der Waals surface area contributed by atoms with Crippen molar-refractivity contribution in [2.24, 2.45) is 0 Å². The minimum atomic E-state index is 0.0223. The molecule has 5 nitrogen and oxygen atoms in total. The van der Waals surface area contributed by atoms with E-state index in [1.165, 1.54) is 0 Å². The summed E-state index contributed by atoms with van der Waals surface area (Å²) in [5.74, 6) is 0.0223. The summed E-state index contributed by atoms with van der Waals surface area (Å²) in [4.78, 5) is 20.6. The topological polar surface area (TPSA) is 48.5 Å². The van der Waals surface area contributed by atoms with Crippen molar-refractivity contribution >= 4 is 23.0 Å². The van der Waals surface area contributed by atoms with E-state index in [1.807, 2.05) is 43.3 Å². The predicted octanol–water partition coefficient (Wildman–Crippen LogP) is 3.13. The van der Waals surface area contributed by atoms with Crippen molar-refractivity contribution in [2.45, 2.75) is 12.8 Å². The van der Waals surface area contributed by atoms with Gasteiger partial charge < -0.3 is 15.1 Å². The molecule has 23 heavy (non-hydrogen) atoms. The van der Waals surface area contributed by atoms with Gasteiger partial charge in [0, 0.05) is 50.4 Å². The highest BCUT2D eigenvalue weighted by molar-refractivity contribution is 5.93. The van der Waals surface area contributed by atoms with Gasteiger partial charge in [0.15, 0.2) is 0 Å². The molecule has 3 rings (SSSR count). The zero-order valence-electron chi connectivity index (χ0n) is 13.6. The van der Waals surface area contributed by atoms with Crippen LogP contribution in [-0.4, -0.2) is 43.0 Å². The number of amides is 1. The van der Waals surface area contributed by atoms with Gasteiger partial charge in [0.25, 0.3) is 5.91 Å². The molecule has 1 aliphatic rings. The number of aromatic nitrogens is 1. The molecule has 0 saturated carbocycles. The van der Waals surface area contributed by atoms with Crippen LogP contribution in [0.15, 0.2) is 42.6 Å². The normalized spacial score (nSPS) is 13.9. The lowest BCUT2D eigenvalue weighted by Crippen LogP contribution is -2.28. The van der Waals surface area contributed by atoms with Crippen molar-refractivity contribution in [3.63, 3.8) is 0 Å². The van der Waals surface area contributed by atoms with Crippen molar-refractivity contribution in [1.29, 1.82) is 0 Å². The van der Waals surface area contributed by atoms with Gasteiger partial charge in [-0.1, -0.05) is 0 Å². The molecular weight excluding hydrogens is 288 g/mol. The zero-order chi connectivity index (χ0) is 16.2. The van der Waals surface area contributed by atoms with Crippen molar-refractivity contribution in [2.75, 3.05) is 37.4 Å². The SMILES string of the molecule is CN(C)c1ccc(Nc2ccnc(C(=O)N3CCCC3)c2)cc1.